The van der Waals surface area contributed by atoms with Crippen LogP contribution in [0.3, 0.4) is 0 Å². The van der Waals surface area contributed by atoms with Crippen LogP contribution in [0.5, 0.6) is 5.75 Å². The maximum absolute atomic E-state index is 5.91. The van der Waals surface area contributed by atoms with Gasteiger partial charge in [0.15, 0.2) is 0 Å². The average molecular weight is 302 g/mol. The van der Waals surface area contributed by atoms with E-state index in [9.17, 15) is 0 Å². The Balaban J connectivity index is 1.55. The molecule has 110 valence electrons. The maximum atomic E-state index is 5.91. The Morgan fingerprint density at radius 3 is 2.05 bits per heavy atom. The summed E-state index contributed by atoms with van der Waals surface area (Å²) in [6, 6.07) is 16.1. The van der Waals surface area contributed by atoms with Gasteiger partial charge in [-0.2, -0.15) is 0 Å². The van der Waals surface area contributed by atoms with Gasteiger partial charge in [-0.3, -0.25) is 4.90 Å². The van der Waals surface area contributed by atoms with Gasteiger partial charge in [-0.1, -0.05) is 35.9 Å². The lowest BCUT2D eigenvalue weighted by atomic mass is 10.1. The molecule has 1 aliphatic heterocycles. The molecule has 0 radical (unpaired) electrons. The highest BCUT2D eigenvalue weighted by Crippen LogP contribution is 2.23. The van der Waals surface area contributed by atoms with Crippen molar-refractivity contribution in [1.82, 2.24) is 4.90 Å². The van der Waals surface area contributed by atoms with Crippen molar-refractivity contribution in [3.63, 3.8) is 0 Å². The first-order chi connectivity index (χ1) is 10.3. The largest absolute Gasteiger partial charge is 0.492 e. The summed E-state index contributed by atoms with van der Waals surface area (Å²) in [4.78, 5) is 2.46. The van der Waals surface area contributed by atoms with E-state index in [-0.39, 0.29) is 0 Å². The van der Waals surface area contributed by atoms with Crippen LogP contribution in [0.4, 0.5) is 0 Å². The Kier molecular flexibility index (Phi) is 4.79. The van der Waals surface area contributed by atoms with Gasteiger partial charge in [0.2, 0.25) is 0 Å². The van der Waals surface area contributed by atoms with E-state index in [2.05, 4.69) is 17.0 Å². The van der Waals surface area contributed by atoms with E-state index >= 15 is 0 Å². The first kappa shape index (κ1) is 14.4. The molecule has 1 heterocycles. The summed E-state index contributed by atoms with van der Waals surface area (Å²) in [5.41, 5.74) is 2.35. The summed E-state index contributed by atoms with van der Waals surface area (Å²) < 4.78 is 5.82. The minimum atomic E-state index is 0.764. The number of halogens is 1. The molecule has 1 fully saturated rings. The summed E-state index contributed by atoms with van der Waals surface area (Å²) >= 11 is 5.91. The first-order valence-electron chi connectivity index (χ1n) is 7.52. The Morgan fingerprint density at radius 1 is 0.857 bits per heavy atom. The van der Waals surface area contributed by atoms with E-state index in [1.54, 1.807) is 0 Å². The third-order valence-corrected chi connectivity index (χ3v) is 4.16. The molecule has 1 aliphatic rings. The van der Waals surface area contributed by atoms with Crippen molar-refractivity contribution >= 4 is 11.6 Å². The quantitative estimate of drug-likeness (QED) is 0.807. The minimum absolute atomic E-state index is 0.764. The standard InChI is InChI=1S/C18H20ClNO/c19-17-7-3-15(4-8-17)16-5-9-18(10-6-16)21-14-13-20-11-1-2-12-20/h3-10H,1-2,11-14H2. The van der Waals surface area contributed by atoms with Crippen LogP contribution in [0.2, 0.25) is 5.02 Å². The lowest BCUT2D eigenvalue weighted by Gasteiger charge is -2.15. The van der Waals surface area contributed by atoms with Gasteiger partial charge in [0, 0.05) is 11.6 Å². The van der Waals surface area contributed by atoms with Crippen LogP contribution in [0.25, 0.3) is 11.1 Å². The van der Waals surface area contributed by atoms with E-state index in [4.69, 9.17) is 16.3 Å². The number of hydrogen-bond acceptors (Lipinski definition) is 2. The predicted octanol–water partition coefficient (Wildman–Crippen LogP) is 4.48. The van der Waals surface area contributed by atoms with Crippen molar-refractivity contribution in [2.75, 3.05) is 26.2 Å². The monoisotopic (exact) mass is 301 g/mol. The van der Waals surface area contributed by atoms with E-state index in [0.29, 0.717) is 0 Å². The zero-order valence-electron chi connectivity index (χ0n) is 12.1. The maximum Gasteiger partial charge on any atom is 0.119 e. The molecule has 0 aromatic heterocycles. The van der Waals surface area contributed by atoms with E-state index < -0.39 is 0 Å². The topological polar surface area (TPSA) is 12.5 Å². The van der Waals surface area contributed by atoms with E-state index in [1.165, 1.54) is 37.1 Å². The molecule has 2 aromatic rings. The molecule has 0 bridgehead atoms. The van der Waals surface area contributed by atoms with Crippen molar-refractivity contribution in [2.45, 2.75) is 12.8 Å². The van der Waals surface area contributed by atoms with Gasteiger partial charge >= 0.3 is 0 Å². The zero-order valence-corrected chi connectivity index (χ0v) is 12.9. The molecule has 0 atom stereocenters. The molecule has 3 rings (SSSR count). The van der Waals surface area contributed by atoms with Gasteiger partial charge in [0.25, 0.3) is 0 Å². The molecule has 0 N–H and O–H groups in total. The lowest BCUT2D eigenvalue weighted by molar-refractivity contribution is 0.238. The molecule has 0 aliphatic carbocycles. The van der Waals surface area contributed by atoms with Gasteiger partial charge in [-0.05, 0) is 61.3 Å². The normalized spacial score (nSPS) is 15.3. The first-order valence-corrected chi connectivity index (χ1v) is 7.90. The molecular weight excluding hydrogens is 282 g/mol. The fraction of sp³-hybridized carbons (Fsp3) is 0.333. The zero-order chi connectivity index (χ0) is 14.5. The van der Waals surface area contributed by atoms with Gasteiger partial charge < -0.3 is 4.74 Å². The van der Waals surface area contributed by atoms with Crippen molar-refractivity contribution in [3.8, 4) is 16.9 Å². The van der Waals surface area contributed by atoms with Crippen LogP contribution < -0.4 is 4.74 Å². The molecule has 0 unspecified atom stereocenters. The third-order valence-electron chi connectivity index (χ3n) is 3.91. The minimum Gasteiger partial charge on any atom is -0.492 e. The van der Waals surface area contributed by atoms with Gasteiger partial charge in [0.05, 0.1) is 0 Å². The van der Waals surface area contributed by atoms with Gasteiger partial charge in [0.1, 0.15) is 12.4 Å². The highest BCUT2D eigenvalue weighted by molar-refractivity contribution is 6.30. The number of ether oxygens (including phenoxy) is 1. The smallest absolute Gasteiger partial charge is 0.119 e. The highest BCUT2D eigenvalue weighted by atomic mass is 35.5. The number of hydrogen-bond donors (Lipinski definition) is 0. The van der Waals surface area contributed by atoms with Gasteiger partial charge in [-0.15, -0.1) is 0 Å². The highest BCUT2D eigenvalue weighted by Gasteiger charge is 2.10. The van der Waals surface area contributed by atoms with Crippen LogP contribution in [-0.4, -0.2) is 31.1 Å². The summed E-state index contributed by atoms with van der Waals surface area (Å²) in [6.07, 6.45) is 2.66. The number of nitrogens with zero attached hydrogens (tertiary/aromatic N) is 1. The van der Waals surface area contributed by atoms with Crippen molar-refractivity contribution in [2.24, 2.45) is 0 Å². The molecule has 1 saturated heterocycles. The summed E-state index contributed by atoms with van der Waals surface area (Å²) in [6.45, 7) is 4.23. The summed E-state index contributed by atoms with van der Waals surface area (Å²) in [5.74, 6) is 0.937. The molecule has 21 heavy (non-hydrogen) atoms. The van der Waals surface area contributed by atoms with Gasteiger partial charge in [-0.25, -0.2) is 0 Å². The fourth-order valence-electron chi connectivity index (χ4n) is 2.68. The Labute approximate surface area is 131 Å². The van der Waals surface area contributed by atoms with Crippen LogP contribution in [0.15, 0.2) is 48.5 Å². The SMILES string of the molecule is Clc1ccc(-c2ccc(OCCN3CCCC3)cc2)cc1. The Morgan fingerprint density at radius 2 is 1.43 bits per heavy atom. The van der Waals surface area contributed by atoms with E-state index in [0.717, 1.165) is 23.9 Å². The second kappa shape index (κ2) is 6.97. The predicted molar refractivity (Wildman–Crippen MR) is 88.1 cm³/mol. The Bertz CT molecular complexity index is 559. The molecule has 2 aromatic carbocycles. The molecule has 0 amide bonds. The fourth-order valence-corrected chi connectivity index (χ4v) is 2.81. The number of likely N-dealkylation sites (tertiary alicyclic amines) is 1. The van der Waals surface area contributed by atoms with Crippen molar-refractivity contribution in [1.29, 1.82) is 0 Å². The van der Waals surface area contributed by atoms with Crippen molar-refractivity contribution in [3.05, 3.63) is 53.6 Å². The Hall–Kier alpha value is -1.51. The third kappa shape index (κ3) is 3.99. The van der Waals surface area contributed by atoms with Crippen LogP contribution >= 0.6 is 11.6 Å². The van der Waals surface area contributed by atoms with Crippen molar-refractivity contribution < 1.29 is 4.74 Å². The number of benzene rings is 2. The van der Waals surface area contributed by atoms with E-state index in [1.807, 2.05) is 36.4 Å². The summed E-state index contributed by atoms with van der Waals surface area (Å²) in [5, 5.41) is 0.764. The number of rotatable bonds is 5. The molecule has 2 nitrogen and oxygen atoms in total. The molecule has 3 heteroatoms. The molecule has 0 saturated carbocycles. The van der Waals surface area contributed by atoms with Crippen LogP contribution in [-0.2, 0) is 0 Å². The van der Waals surface area contributed by atoms with Crippen LogP contribution in [0.1, 0.15) is 12.8 Å². The molecule has 0 spiro atoms. The molecular formula is C18H20ClNO. The van der Waals surface area contributed by atoms with Crippen LogP contribution in [0, 0.1) is 0 Å². The second-order valence-electron chi connectivity index (χ2n) is 5.43. The summed E-state index contributed by atoms with van der Waals surface area (Å²) in [7, 11) is 0. The second-order valence-corrected chi connectivity index (χ2v) is 5.86. The lowest BCUT2D eigenvalue weighted by Crippen LogP contribution is -2.25. The average Bonchev–Trinajstić information content (AvgIpc) is 3.02.